The van der Waals surface area contributed by atoms with E-state index in [1.807, 2.05) is 20.8 Å². The lowest BCUT2D eigenvalue weighted by molar-refractivity contribution is 0.0899. The van der Waals surface area contributed by atoms with Crippen molar-refractivity contribution in [3.8, 4) is 0 Å². The number of carbonyl (C=O) groups is 1. The summed E-state index contributed by atoms with van der Waals surface area (Å²) in [5, 5.41) is 3.04. The number of fused-ring (bicyclic) bond motifs is 1. The van der Waals surface area contributed by atoms with E-state index in [9.17, 15) is 4.79 Å². The van der Waals surface area contributed by atoms with Crippen molar-refractivity contribution in [2.45, 2.75) is 39.2 Å². The van der Waals surface area contributed by atoms with Gasteiger partial charge in [0.05, 0.1) is 0 Å². The van der Waals surface area contributed by atoms with Crippen LogP contribution in [0.2, 0.25) is 0 Å². The zero-order valence-corrected chi connectivity index (χ0v) is 12.3. The third-order valence-corrected chi connectivity index (χ3v) is 4.03. The first-order chi connectivity index (χ1) is 9.92. The van der Waals surface area contributed by atoms with E-state index >= 15 is 0 Å². The van der Waals surface area contributed by atoms with Crippen LogP contribution in [-0.2, 0) is 0 Å². The fourth-order valence-corrected chi connectivity index (χ4v) is 2.55. The van der Waals surface area contributed by atoms with Crippen molar-refractivity contribution < 1.29 is 4.79 Å². The Morgan fingerprint density at radius 2 is 2.24 bits per heavy atom. The first-order valence-corrected chi connectivity index (χ1v) is 6.97. The second-order valence-corrected chi connectivity index (χ2v) is 6.10. The minimum absolute atomic E-state index is 0.237. The number of imidazole rings is 1. The minimum atomic E-state index is -0.240. The molecule has 0 atom stereocenters. The highest BCUT2D eigenvalue weighted by molar-refractivity contribution is 5.98. The van der Waals surface area contributed by atoms with Gasteiger partial charge in [-0.3, -0.25) is 9.20 Å². The summed E-state index contributed by atoms with van der Waals surface area (Å²) in [6.07, 6.45) is 5.55. The van der Waals surface area contributed by atoms with E-state index in [1.54, 1.807) is 16.8 Å². The Kier molecular flexibility index (Phi) is 2.94. The molecule has 1 aliphatic rings. The molecule has 21 heavy (non-hydrogen) atoms. The molecule has 0 radical (unpaired) electrons. The Morgan fingerprint density at radius 3 is 2.86 bits per heavy atom. The molecule has 2 aromatic rings. The molecule has 0 spiro atoms. The molecule has 0 aromatic carbocycles. The quantitative estimate of drug-likeness (QED) is 0.880. The molecule has 1 amide bonds. The minimum Gasteiger partial charge on any atom is -0.359 e. The number of hydrogen-bond donors (Lipinski definition) is 1. The molecule has 2 aromatic heterocycles. The average Bonchev–Trinajstić information content (AvgIpc) is 3.19. The third kappa shape index (κ3) is 2.35. The fraction of sp³-hybridized carbons (Fsp3) is 0.467. The summed E-state index contributed by atoms with van der Waals surface area (Å²) in [6, 6.07) is 0. The molecule has 1 aliphatic carbocycles. The first-order valence-electron chi connectivity index (χ1n) is 6.97. The van der Waals surface area contributed by atoms with Gasteiger partial charge in [0.25, 0.3) is 17.4 Å². The molecule has 6 heteroatoms. The molecule has 108 valence electrons. The van der Waals surface area contributed by atoms with E-state index < -0.39 is 0 Å². The van der Waals surface area contributed by atoms with Crippen molar-refractivity contribution in [2.75, 3.05) is 0 Å². The largest absolute Gasteiger partial charge is 0.359 e. The summed E-state index contributed by atoms with van der Waals surface area (Å²) >= 11 is 0. The molecule has 6 nitrogen and oxygen atoms in total. The molecule has 0 bridgehead atoms. The molecular weight excluding hydrogens is 266 g/mol. The highest BCUT2D eigenvalue weighted by atomic mass is 16.2. The van der Waals surface area contributed by atoms with Crippen LogP contribution in [0.15, 0.2) is 12.4 Å². The highest BCUT2D eigenvalue weighted by Crippen LogP contribution is 2.39. The van der Waals surface area contributed by atoms with E-state index in [0.29, 0.717) is 11.6 Å². The summed E-state index contributed by atoms with van der Waals surface area (Å²) < 4.78 is 1.74. The van der Waals surface area contributed by atoms with Gasteiger partial charge >= 0.3 is 0 Å². The molecule has 1 saturated carbocycles. The molecule has 2 heterocycles. The maximum absolute atomic E-state index is 12.5. The molecule has 0 unspecified atom stereocenters. The van der Waals surface area contributed by atoms with Crippen molar-refractivity contribution in [3.05, 3.63) is 35.2 Å². The zero-order chi connectivity index (χ0) is 15.2. The summed E-state index contributed by atoms with van der Waals surface area (Å²) in [7, 11) is 0. The average molecular weight is 283 g/mol. The van der Waals surface area contributed by atoms with Gasteiger partial charge in [-0.25, -0.2) is 4.98 Å². The van der Waals surface area contributed by atoms with Gasteiger partial charge in [0.2, 0.25) is 0 Å². The second-order valence-electron chi connectivity index (χ2n) is 6.10. The summed E-state index contributed by atoms with van der Waals surface area (Å²) in [5.74, 6) is 0.558. The SMILES string of the molecule is [C-]#[N+]c1cn2c(C)cnc(C(=O)NC(C)(C)C3CC3)c2n1. The van der Waals surface area contributed by atoms with Crippen LogP contribution in [0.4, 0.5) is 5.82 Å². The third-order valence-electron chi connectivity index (χ3n) is 4.03. The number of nitrogens with one attached hydrogen (secondary N) is 1. The van der Waals surface area contributed by atoms with Gasteiger partial charge in [-0.15, -0.1) is 0 Å². The monoisotopic (exact) mass is 283 g/mol. The lowest BCUT2D eigenvalue weighted by atomic mass is 9.98. The van der Waals surface area contributed by atoms with Crippen LogP contribution in [-0.4, -0.2) is 25.8 Å². The van der Waals surface area contributed by atoms with Crippen LogP contribution in [0.1, 0.15) is 42.9 Å². The van der Waals surface area contributed by atoms with Gasteiger partial charge in [0.15, 0.2) is 5.69 Å². The van der Waals surface area contributed by atoms with Crippen LogP contribution >= 0.6 is 0 Å². The predicted molar refractivity (Wildman–Crippen MR) is 78.3 cm³/mol. The zero-order valence-electron chi connectivity index (χ0n) is 12.3. The van der Waals surface area contributed by atoms with E-state index in [1.165, 1.54) is 0 Å². The Bertz CT molecular complexity index is 764. The number of aryl methyl sites for hydroxylation is 1. The molecule has 1 N–H and O–H groups in total. The lowest BCUT2D eigenvalue weighted by Crippen LogP contribution is -2.45. The van der Waals surface area contributed by atoms with Crippen molar-refractivity contribution >= 4 is 17.4 Å². The van der Waals surface area contributed by atoms with Gasteiger partial charge < -0.3 is 10.2 Å². The maximum atomic E-state index is 12.5. The Labute approximate surface area is 123 Å². The molecule has 1 fully saturated rings. The summed E-state index contributed by atoms with van der Waals surface area (Å²) in [4.78, 5) is 24.2. The molecule has 3 rings (SSSR count). The number of aromatic nitrogens is 3. The van der Waals surface area contributed by atoms with E-state index in [0.717, 1.165) is 18.5 Å². The van der Waals surface area contributed by atoms with Crippen molar-refractivity contribution in [3.63, 3.8) is 0 Å². The predicted octanol–water partition coefficient (Wildman–Crippen LogP) is 2.51. The van der Waals surface area contributed by atoms with Gasteiger partial charge in [0, 0.05) is 23.6 Å². The van der Waals surface area contributed by atoms with Crippen molar-refractivity contribution in [1.29, 1.82) is 0 Å². The van der Waals surface area contributed by atoms with Crippen molar-refractivity contribution in [2.24, 2.45) is 5.92 Å². The number of nitrogens with zero attached hydrogens (tertiary/aromatic N) is 4. The number of carbonyl (C=O) groups excluding carboxylic acids is 1. The van der Waals surface area contributed by atoms with Crippen molar-refractivity contribution in [1.82, 2.24) is 19.7 Å². The van der Waals surface area contributed by atoms with Gasteiger partial charge in [-0.05, 0) is 39.5 Å². The molecular formula is C15H17N5O. The van der Waals surface area contributed by atoms with Gasteiger partial charge in [-0.1, -0.05) is 11.6 Å². The van der Waals surface area contributed by atoms with E-state index in [-0.39, 0.29) is 23.0 Å². The van der Waals surface area contributed by atoms with Gasteiger partial charge in [-0.2, -0.15) is 0 Å². The highest BCUT2D eigenvalue weighted by Gasteiger charge is 2.39. The Balaban J connectivity index is 2.00. The number of hydrogen-bond acceptors (Lipinski definition) is 3. The Morgan fingerprint density at radius 1 is 1.52 bits per heavy atom. The maximum Gasteiger partial charge on any atom is 0.288 e. The molecule has 0 aliphatic heterocycles. The van der Waals surface area contributed by atoms with Crippen LogP contribution in [0.5, 0.6) is 0 Å². The van der Waals surface area contributed by atoms with E-state index in [4.69, 9.17) is 6.57 Å². The second kappa shape index (κ2) is 4.55. The topological polar surface area (TPSA) is 63.7 Å². The number of rotatable bonds is 3. The van der Waals surface area contributed by atoms with Crippen LogP contribution in [0.3, 0.4) is 0 Å². The fourth-order valence-electron chi connectivity index (χ4n) is 2.55. The number of amides is 1. The van der Waals surface area contributed by atoms with Crippen LogP contribution < -0.4 is 5.32 Å². The van der Waals surface area contributed by atoms with Crippen LogP contribution in [0, 0.1) is 19.4 Å². The summed E-state index contributed by atoms with van der Waals surface area (Å²) in [5.41, 5.74) is 1.30. The van der Waals surface area contributed by atoms with Gasteiger partial charge in [0.1, 0.15) is 0 Å². The lowest BCUT2D eigenvalue weighted by Gasteiger charge is -2.25. The Hall–Kier alpha value is -2.42. The van der Waals surface area contributed by atoms with E-state index in [2.05, 4.69) is 20.1 Å². The first kappa shape index (κ1) is 13.6. The molecule has 0 saturated heterocycles. The van der Waals surface area contributed by atoms with Crippen LogP contribution in [0.25, 0.3) is 10.5 Å². The standard InChI is InChI=1S/C15H17N5O/c1-9-7-17-12(13-18-11(16-4)8-20(9)13)14(21)19-15(2,3)10-5-6-10/h7-8,10H,5-6H2,1-3H3,(H,19,21). The normalized spacial score (nSPS) is 15.0. The summed E-state index contributed by atoms with van der Waals surface area (Å²) in [6.45, 7) is 13.0. The smallest absolute Gasteiger partial charge is 0.288 e.